The van der Waals surface area contributed by atoms with Crippen molar-refractivity contribution in [2.75, 3.05) is 19.1 Å². The van der Waals surface area contributed by atoms with Crippen molar-refractivity contribution in [1.29, 1.82) is 0 Å². The van der Waals surface area contributed by atoms with Gasteiger partial charge in [-0.05, 0) is 24.3 Å². The van der Waals surface area contributed by atoms with E-state index in [1.54, 1.807) is 4.90 Å². The van der Waals surface area contributed by atoms with Crippen molar-refractivity contribution in [1.82, 2.24) is 0 Å². The zero-order valence-electron chi connectivity index (χ0n) is 12.9. The Morgan fingerprint density at radius 1 is 0.826 bits per heavy atom. The fraction of sp³-hybridized carbons (Fsp3) is 0.111. The normalized spacial score (nSPS) is 10.8. The smallest absolute Gasteiger partial charge is 0.355 e. The number of carbonyl (C=O) groups is 2. The van der Waals surface area contributed by atoms with Crippen LogP contribution in [0.3, 0.4) is 0 Å². The van der Waals surface area contributed by atoms with Gasteiger partial charge in [-0.15, -0.1) is 0 Å². The number of ether oxygens (including phenoxy) is 2. The molecule has 0 unspecified atom stereocenters. The standard InChI is InChI=1S/C18H17NO4/c1-22-17(20)13-16(18(21)23-2)19(14-9-5-3-6-10-14)15-11-7-4-8-12-15/h3-13H,1-2H3/b16-13+. The van der Waals surface area contributed by atoms with E-state index in [1.807, 2.05) is 60.7 Å². The van der Waals surface area contributed by atoms with E-state index in [1.165, 1.54) is 14.2 Å². The molecule has 0 bridgehead atoms. The first kappa shape index (κ1) is 16.3. The number of para-hydroxylation sites is 2. The molecule has 0 aromatic heterocycles. The third kappa shape index (κ3) is 3.97. The number of anilines is 2. The molecule has 0 amide bonds. The van der Waals surface area contributed by atoms with E-state index in [0.29, 0.717) is 0 Å². The van der Waals surface area contributed by atoms with Gasteiger partial charge in [0, 0.05) is 11.4 Å². The number of benzene rings is 2. The first-order valence-electron chi connectivity index (χ1n) is 6.95. The lowest BCUT2D eigenvalue weighted by molar-refractivity contribution is -0.138. The van der Waals surface area contributed by atoms with E-state index >= 15 is 0 Å². The quantitative estimate of drug-likeness (QED) is 0.627. The molecule has 0 saturated carbocycles. The minimum absolute atomic E-state index is 0.0664. The van der Waals surface area contributed by atoms with Gasteiger partial charge in [-0.2, -0.15) is 0 Å². The summed E-state index contributed by atoms with van der Waals surface area (Å²) < 4.78 is 9.47. The van der Waals surface area contributed by atoms with Crippen LogP contribution in [0.15, 0.2) is 72.4 Å². The van der Waals surface area contributed by atoms with Crippen LogP contribution in [-0.4, -0.2) is 26.2 Å². The molecule has 2 rings (SSSR count). The first-order chi connectivity index (χ1) is 11.2. The molecule has 0 saturated heterocycles. The maximum Gasteiger partial charge on any atom is 0.355 e. The minimum atomic E-state index is -0.637. The molecule has 118 valence electrons. The largest absolute Gasteiger partial charge is 0.466 e. The highest BCUT2D eigenvalue weighted by Crippen LogP contribution is 2.30. The molecule has 0 aliphatic carbocycles. The van der Waals surface area contributed by atoms with E-state index in [9.17, 15) is 9.59 Å². The topological polar surface area (TPSA) is 55.8 Å². The van der Waals surface area contributed by atoms with Crippen LogP contribution in [0, 0.1) is 0 Å². The number of hydrogen-bond donors (Lipinski definition) is 0. The maximum absolute atomic E-state index is 12.2. The van der Waals surface area contributed by atoms with Crippen LogP contribution in [0.25, 0.3) is 0 Å². The van der Waals surface area contributed by atoms with Crippen LogP contribution < -0.4 is 4.90 Å². The van der Waals surface area contributed by atoms with E-state index in [0.717, 1.165) is 17.5 Å². The molecular formula is C18H17NO4. The highest BCUT2D eigenvalue weighted by Gasteiger charge is 2.23. The third-order valence-corrected chi connectivity index (χ3v) is 3.12. The predicted octanol–water partition coefficient (Wildman–Crippen LogP) is 3.05. The summed E-state index contributed by atoms with van der Waals surface area (Å²) in [5, 5.41) is 0. The number of esters is 2. The van der Waals surface area contributed by atoms with Gasteiger partial charge in [-0.3, -0.25) is 0 Å². The molecule has 23 heavy (non-hydrogen) atoms. The van der Waals surface area contributed by atoms with Crippen molar-refractivity contribution in [3.05, 3.63) is 72.4 Å². The van der Waals surface area contributed by atoms with Gasteiger partial charge in [0.1, 0.15) is 5.70 Å². The van der Waals surface area contributed by atoms with Gasteiger partial charge in [0.15, 0.2) is 0 Å². The third-order valence-electron chi connectivity index (χ3n) is 3.12. The van der Waals surface area contributed by atoms with Crippen LogP contribution in [-0.2, 0) is 19.1 Å². The first-order valence-corrected chi connectivity index (χ1v) is 6.95. The fourth-order valence-corrected chi connectivity index (χ4v) is 2.07. The Labute approximate surface area is 134 Å². The van der Waals surface area contributed by atoms with Gasteiger partial charge in [0.25, 0.3) is 0 Å². The molecule has 0 spiro atoms. The second-order valence-corrected chi connectivity index (χ2v) is 4.55. The van der Waals surface area contributed by atoms with Gasteiger partial charge in [-0.25, -0.2) is 9.59 Å². The van der Waals surface area contributed by atoms with Gasteiger partial charge >= 0.3 is 11.9 Å². The Hall–Kier alpha value is -3.08. The summed E-state index contributed by atoms with van der Waals surface area (Å²) in [7, 11) is 2.52. The Morgan fingerprint density at radius 3 is 1.70 bits per heavy atom. The Morgan fingerprint density at radius 2 is 1.30 bits per heavy atom. The average Bonchev–Trinajstić information content (AvgIpc) is 2.62. The summed E-state index contributed by atoms with van der Waals surface area (Å²) in [6.07, 6.45) is 1.12. The lowest BCUT2D eigenvalue weighted by atomic mass is 10.2. The van der Waals surface area contributed by atoms with E-state index < -0.39 is 11.9 Å². The average molecular weight is 311 g/mol. The Balaban J connectivity index is 2.61. The number of rotatable bonds is 5. The van der Waals surface area contributed by atoms with E-state index in [-0.39, 0.29) is 5.70 Å². The molecule has 0 aliphatic heterocycles. The zero-order chi connectivity index (χ0) is 16.7. The number of hydrogen-bond acceptors (Lipinski definition) is 5. The van der Waals surface area contributed by atoms with Crippen molar-refractivity contribution < 1.29 is 19.1 Å². The molecule has 2 aromatic carbocycles. The van der Waals surface area contributed by atoms with Crippen LogP contribution in [0.2, 0.25) is 0 Å². The van der Waals surface area contributed by atoms with Crippen LogP contribution in [0.1, 0.15) is 0 Å². The number of methoxy groups -OCH3 is 2. The highest BCUT2D eigenvalue weighted by atomic mass is 16.5. The second-order valence-electron chi connectivity index (χ2n) is 4.55. The van der Waals surface area contributed by atoms with Gasteiger partial charge < -0.3 is 14.4 Å². The highest BCUT2D eigenvalue weighted by molar-refractivity contribution is 6.01. The summed E-state index contributed by atoms with van der Waals surface area (Å²) in [5.41, 5.74) is 1.51. The van der Waals surface area contributed by atoms with Crippen molar-refractivity contribution in [2.45, 2.75) is 0 Å². The second kappa shape index (κ2) is 7.79. The molecular weight excluding hydrogens is 294 g/mol. The SMILES string of the molecule is COC(=O)/C=C(\C(=O)OC)N(c1ccccc1)c1ccccc1. The summed E-state index contributed by atoms with van der Waals surface area (Å²) in [6, 6.07) is 18.5. The number of carbonyl (C=O) groups excluding carboxylic acids is 2. The summed E-state index contributed by atoms with van der Waals surface area (Å²) in [6.45, 7) is 0. The fourth-order valence-electron chi connectivity index (χ4n) is 2.07. The minimum Gasteiger partial charge on any atom is -0.466 e. The predicted molar refractivity (Wildman–Crippen MR) is 87.1 cm³/mol. The van der Waals surface area contributed by atoms with Gasteiger partial charge in [0.05, 0.1) is 20.3 Å². The Kier molecular flexibility index (Phi) is 5.52. The van der Waals surface area contributed by atoms with Gasteiger partial charge in [0.2, 0.25) is 0 Å². The zero-order valence-corrected chi connectivity index (χ0v) is 12.9. The lowest BCUT2D eigenvalue weighted by Crippen LogP contribution is -2.25. The summed E-state index contributed by atoms with van der Waals surface area (Å²) in [5.74, 6) is -1.27. The molecule has 5 nitrogen and oxygen atoms in total. The molecule has 0 heterocycles. The lowest BCUT2D eigenvalue weighted by Gasteiger charge is -2.26. The van der Waals surface area contributed by atoms with E-state index in [4.69, 9.17) is 4.74 Å². The van der Waals surface area contributed by atoms with Crippen molar-refractivity contribution in [3.63, 3.8) is 0 Å². The summed E-state index contributed by atoms with van der Waals surface area (Å²) >= 11 is 0. The van der Waals surface area contributed by atoms with Gasteiger partial charge in [-0.1, -0.05) is 36.4 Å². The molecule has 0 radical (unpaired) electrons. The molecule has 0 N–H and O–H groups in total. The van der Waals surface area contributed by atoms with Crippen LogP contribution in [0.4, 0.5) is 11.4 Å². The monoisotopic (exact) mass is 311 g/mol. The molecule has 0 fully saturated rings. The van der Waals surface area contributed by atoms with Crippen LogP contribution >= 0.6 is 0 Å². The Bertz CT molecular complexity index is 656. The van der Waals surface area contributed by atoms with Crippen molar-refractivity contribution in [2.24, 2.45) is 0 Å². The molecule has 2 aromatic rings. The van der Waals surface area contributed by atoms with Crippen molar-refractivity contribution >= 4 is 23.3 Å². The molecule has 0 aliphatic rings. The summed E-state index contributed by atoms with van der Waals surface area (Å²) in [4.78, 5) is 25.5. The van der Waals surface area contributed by atoms with E-state index in [2.05, 4.69) is 4.74 Å². The maximum atomic E-state index is 12.2. The number of nitrogens with zero attached hydrogens (tertiary/aromatic N) is 1. The van der Waals surface area contributed by atoms with Crippen LogP contribution in [0.5, 0.6) is 0 Å². The van der Waals surface area contributed by atoms with Crippen molar-refractivity contribution in [3.8, 4) is 0 Å². The molecule has 0 atom stereocenters. The molecule has 5 heteroatoms.